The first-order valence-electron chi connectivity index (χ1n) is 11.5. The van der Waals surface area contributed by atoms with Gasteiger partial charge in [-0.3, -0.25) is 9.59 Å². The number of nitrogens with zero attached hydrogens (tertiary/aromatic N) is 2. The maximum Gasteiger partial charge on any atom is 0.417 e. The Labute approximate surface area is 193 Å². The molecule has 1 heterocycles. The van der Waals surface area contributed by atoms with E-state index in [1.54, 1.807) is 14.2 Å². The number of unbranched alkanes of at least 4 members (excludes halogenated alkanes) is 1. The molecule has 1 aliphatic carbocycles. The van der Waals surface area contributed by atoms with Crippen LogP contribution in [0.15, 0.2) is 12.1 Å². The number of amides is 2. The molecule has 3 rings (SSSR count). The zero-order chi connectivity index (χ0) is 24.4. The summed E-state index contributed by atoms with van der Waals surface area (Å²) in [6, 6.07) is 1.96. The molecule has 1 aliphatic heterocycles. The molecule has 0 N–H and O–H groups in total. The Kier molecular flexibility index (Phi) is 7.61. The van der Waals surface area contributed by atoms with E-state index in [4.69, 9.17) is 9.47 Å². The van der Waals surface area contributed by atoms with Crippen LogP contribution in [0.2, 0.25) is 0 Å². The van der Waals surface area contributed by atoms with Gasteiger partial charge in [0.15, 0.2) is 5.60 Å². The molecule has 2 amide bonds. The third kappa shape index (κ3) is 5.45. The maximum atomic E-state index is 14.0. The zero-order valence-electron chi connectivity index (χ0n) is 19.8. The van der Waals surface area contributed by atoms with Crippen LogP contribution in [0.1, 0.15) is 74.7 Å². The van der Waals surface area contributed by atoms with Gasteiger partial charge in [-0.25, -0.2) is 0 Å². The summed E-state index contributed by atoms with van der Waals surface area (Å²) >= 11 is 0. The van der Waals surface area contributed by atoms with Crippen molar-refractivity contribution in [2.45, 2.75) is 76.6 Å². The molecule has 184 valence electrons. The van der Waals surface area contributed by atoms with Crippen molar-refractivity contribution in [2.75, 3.05) is 32.2 Å². The molecule has 0 bridgehead atoms. The molecule has 0 spiro atoms. The predicted octanol–water partition coefficient (Wildman–Crippen LogP) is 5.04. The number of hydrogen-bond donors (Lipinski definition) is 0. The number of halogens is 3. The van der Waals surface area contributed by atoms with E-state index in [0.717, 1.165) is 38.2 Å². The molecule has 1 fully saturated rings. The largest absolute Gasteiger partial charge is 0.476 e. The van der Waals surface area contributed by atoms with Crippen LogP contribution >= 0.6 is 0 Å². The lowest BCUT2D eigenvalue weighted by atomic mass is 9.93. The van der Waals surface area contributed by atoms with Gasteiger partial charge in [0.1, 0.15) is 5.75 Å². The molecule has 2 aliphatic rings. The van der Waals surface area contributed by atoms with Crippen LogP contribution in [0.5, 0.6) is 5.75 Å². The number of rotatable bonds is 7. The average molecular weight is 471 g/mol. The molecule has 6 nitrogen and oxygen atoms in total. The van der Waals surface area contributed by atoms with Gasteiger partial charge in [-0.2, -0.15) is 13.2 Å². The van der Waals surface area contributed by atoms with Crippen molar-refractivity contribution in [1.82, 2.24) is 4.90 Å². The van der Waals surface area contributed by atoms with Gasteiger partial charge in [-0.05, 0) is 51.7 Å². The highest BCUT2D eigenvalue weighted by atomic mass is 19.4. The molecule has 0 radical (unpaired) electrons. The lowest BCUT2D eigenvalue weighted by Crippen LogP contribution is -2.53. The topological polar surface area (TPSA) is 59.1 Å². The maximum absolute atomic E-state index is 14.0. The van der Waals surface area contributed by atoms with Crippen molar-refractivity contribution in [2.24, 2.45) is 0 Å². The van der Waals surface area contributed by atoms with Crippen LogP contribution in [0.25, 0.3) is 0 Å². The fourth-order valence-corrected chi connectivity index (χ4v) is 4.59. The van der Waals surface area contributed by atoms with Crippen molar-refractivity contribution >= 4 is 17.5 Å². The van der Waals surface area contributed by atoms with Crippen molar-refractivity contribution in [3.05, 3.63) is 23.3 Å². The van der Waals surface area contributed by atoms with Crippen LogP contribution in [-0.4, -0.2) is 55.7 Å². The predicted molar refractivity (Wildman–Crippen MR) is 119 cm³/mol. The second kappa shape index (κ2) is 9.91. The fourth-order valence-electron chi connectivity index (χ4n) is 4.59. The number of methoxy groups -OCH3 is 1. The summed E-state index contributed by atoms with van der Waals surface area (Å²) in [7, 11) is 3.14. The van der Waals surface area contributed by atoms with Gasteiger partial charge in [0.05, 0.1) is 16.8 Å². The van der Waals surface area contributed by atoms with E-state index in [0.29, 0.717) is 26.0 Å². The van der Waals surface area contributed by atoms with Crippen LogP contribution in [-0.2, 0) is 15.7 Å². The molecular formula is C24H33F3N2O4. The van der Waals surface area contributed by atoms with Crippen molar-refractivity contribution in [3.8, 4) is 5.75 Å². The summed E-state index contributed by atoms with van der Waals surface area (Å²) in [4.78, 5) is 29.2. The van der Waals surface area contributed by atoms with Crippen molar-refractivity contribution in [1.29, 1.82) is 0 Å². The highest BCUT2D eigenvalue weighted by Crippen LogP contribution is 2.44. The smallest absolute Gasteiger partial charge is 0.417 e. The number of ether oxygens (including phenoxy) is 2. The zero-order valence-corrected chi connectivity index (χ0v) is 19.8. The molecule has 9 heteroatoms. The Morgan fingerprint density at radius 1 is 1.21 bits per heavy atom. The second-order valence-corrected chi connectivity index (χ2v) is 9.34. The average Bonchev–Trinajstić information content (AvgIpc) is 2.77. The monoisotopic (exact) mass is 470 g/mol. The number of carbonyl (C=O) groups excluding carboxylic acids is 2. The molecule has 33 heavy (non-hydrogen) atoms. The summed E-state index contributed by atoms with van der Waals surface area (Å²) in [5.74, 6) is -1.09. The van der Waals surface area contributed by atoms with E-state index in [2.05, 4.69) is 0 Å². The number of alkyl halides is 3. The third-order valence-electron chi connectivity index (χ3n) is 6.47. The standard InChI is InChI=1S/C24H33F3N2O4/c1-23(2)22(31)29(12-8-9-13-32-4)19-14-17(18(24(25,26)27)15-20(19)33-23)21(30)28(3)16-10-6-5-7-11-16/h14-16H,5-13H2,1-4H3. The Balaban J connectivity index is 2.04. The molecule has 0 aromatic heterocycles. The minimum Gasteiger partial charge on any atom is -0.476 e. The van der Waals surface area contributed by atoms with Gasteiger partial charge in [0, 0.05) is 33.4 Å². The minimum absolute atomic E-state index is 0.0458. The molecule has 0 atom stereocenters. The van der Waals surface area contributed by atoms with Crippen LogP contribution < -0.4 is 9.64 Å². The fraction of sp³-hybridized carbons (Fsp3) is 0.667. The molecule has 1 aromatic rings. The van der Waals surface area contributed by atoms with E-state index in [-0.39, 0.29) is 23.4 Å². The van der Waals surface area contributed by atoms with E-state index in [9.17, 15) is 22.8 Å². The van der Waals surface area contributed by atoms with Gasteiger partial charge in [0.2, 0.25) is 0 Å². The van der Waals surface area contributed by atoms with E-state index >= 15 is 0 Å². The van der Waals surface area contributed by atoms with E-state index < -0.39 is 28.8 Å². The minimum atomic E-state index is -4.74. The van der Waals surface area contributed by atoms with E-state index in [1.165, 1.54) is 29.7 Å². The Morgan fingerprint density at radius 3 is 2.48 bits per heavy atom. The van der Waals surface area contributed by atoms with Crippen molar-refractivity contribution < 1.29 is 32.2 Å². The molecule has 0 saturated heterocycles. The molecular weight excluding hydrogens is 437 g/mol. The number of fused-ring (bicyclic) bond motifs is 1. The number of benzene rings is 1. The Bertz CT molecular complexity index is 879. The third-order valence-corrected chi connectivity index (χ3v) is 6.47. The number of hydrogen-bond acceptors (Lipinski definition) is 4. The summed E-state index contributed by atoms with van der Waals surface area (Å²) in [6.07, 6.45) is 1.06. The molecule has 1 aromatic carbocycles. The number of carbonyl (C=O) groups is 2. The lowest BCUT2D eigenvalue weighted by Gasteiger charge is -2.40. The summed E-state index contributed by atoms with van der Waals surface area (Å²) < 4.78 is 52.8. The first kappa shape index (κ1) is 25.3. The summed E-state index contributed by atoms with van der Waals surface area (Å²) in [5.41, 5.74) is -2.61. The molecule has 1 saturated carbocycles. The first-order valence-corrected chi connectivity index (χ1v) is 11.5. The van der Waals surface area contributed by atoms with Gasteiger partial charge in [-0.1, -0.05) is 19.3 Å². The molecule has 0 unspecified atom stereocenters. The second-order valence-electron chi connectivity index (χ2n) is 9.34. The number of anilines is 1. The summed E-state index contributed by atoms with van der Waals surface area (Å²) in [6.45, 7) is 3.87. The lowest BCUT2D eigenvalue weighted by molar-refractivity contribution is -0.138. The quantitative estimate of drug-likeness (QED) is 0.524. The normalized spacial score (nSPS) is 18.6. The Morgan fingerprint density at radius 2 is 1.88 bits per heavy atom. The van der Waals surface area contributed by atoms with Crippen molar-refractivity contribution in [3.63, 3.8) is 0 Å². The van der Waals surface area contributed by atoms with Gasteiger partial charge >= 0.3 is 6.18 Å². The van der Waals surface area contributed by atoms with Crippen LogP contribution in [0, 0.1) is 0 Å². The first-order chi connectivity index (χ1) is 15.5. The SMILES string of the molecule is COCCCCN1C(=O)C(C)(C)Oc2cc(C(F)(F)F)c(C(=O)N(C)C3CCCCC3)cc21. The van der Waals surface area contributed by atoms with E-state index in [1.807, 2.05) is 0 Å². The van der Waals surface area contributed by atoms with Gasteiger partial charge < -0.3 is 19.3 Å². The highest BCUT2D eigenvalue weighted by Gasteiger charge is 2.44. The Hall–Kier alpha value is -2.29. The highest BCUT2D eigenvalue weighted by molar-refractivity contribution is 6.05. The van der Waals surface area contributed by atoms with Gasteiger partial charge in [0.25, 0.3) is 11.8 Å². The summed E-state index contributed by atoms with van der Waals surface area (Å²) in [5, 5.41) is 0. The van der Waals surface area contributed by atoms with Gasteiger partial charge in [-0.15, -0.1) is 0 Å². The van der Waals surface area contributed by atoms with Crippen LogP contribution in [0.4, 0.5) is 18.9 Å². The van der Waals surface area contributed by atoms with Crippen LogP contribution in [0.3, 0.4) is 0 Å².